The highest BCUT2D eigenvalue weighted by Gasteiger charge is 2.15. The van der Waals surface area contributed by atoms with Gasteiger partial charge in [-0.2, -0.15) is 0 Å². The van der Waals surface area contributed by atoms with Crippen molar-refractivity contribution < 1.29 is 19.0 Å². The fourth-order valence-corrected chi connectivity index (χ4v) is 2.46. The van der Waals surface area contributed by atoms with Crippen molar-refractivity contribution in [3.8, 4) is 5.75 Å². The molecule has 1 fully saturated rings. The number of rotatable bonds is 7. The Morgan fingerprint density at radius 3 is 3.00 bits per heavy atom. The lowest BCUT2D eigenvalue weighted by molar-refractivity contribution is -0.137. The minimum absolute atomic E-state index is 0.0290. The molecule has 1 aromatic carbocycles. The van der Waals surface area contributed by atoms with Gasteiger partial charge in [0.25, 0.3) is 0 Å². The van der Waals surface area contributed by atoms with Gasteiger partial charge in [-0.05, 0) is 37.0 Å². The molecule has 2 rings (SSSR count). The SMILES string of the molecule is COc1cccc(CN(C)C(=O)COC[C@H]2CCCCO2)c1. The van der Waals surface area contributed by atoms with Gasteiger partial charge in [-0.1, -0.05) is 12.1 Å². The molecular weight excluding hydrogens is 282 g/mol. The first kappa shape index (κ1) is 16.8. The molecule has 0 unspecified atom stereocenters. The van der Waals surface area contributed by atoms with Crippen LogP contribution in [0.5, 0.6) is 5.75 Å². The molecule has 122 valence electrons. The lowest BCUT2D eigenvalue weighted by atomic mass is 10.1. The van der Waals surface area contributed by atoms with Crippen LogP contribution in [0.4, 0.5) is 0 Å². The van der Waals surface area contributed by atoms with Gasteiger partial charge < -0.3 is 19.1 Å². The number of methoxy groups -OCH3 is 1. The van der Waals surface area contributed by atoms with Gasteiger partial charge in [-0.3, -0.25) is 4.79 Å². The highest BCUT2D eigenvalue weighted by Crippen LogP contribution is 2.14. The van der Waals surface area contributed by atoms with E-state index >= 15 is 0 Å². The summed E-state index contributed by atoms with van der Waals surface area (Å²) >= 11 is 0. The number of hydrogen-bond acceptors (Lipinski definition) is 4. The van der Waals surface area contributed by atoms with Gasteiger partial charge in [0, 0.05) is 20.2 Å². The van der Waals surface area contributed by atoms with E-state index in [1.807, 2.05) is 24.3 Å². The van der Waals surface area contributed by atoms with Gasteiger partial charge in [-0.15, -0.1) is 0 Å². The summed E-state index contributed by atoms with van der Waals surface area (Å²) in [5.74, 6) is 0.766. The average molecular weight is 307 g/mol. The normalized spacial score (nSPS) is 18.0. The molecule has 22 heavy (non-hydrogen) atoms. The van der Waals surface area contributed by atoms with E-state index in [1.165, 1.54) is 6.42 Å². The molecule has 5 nitrogen and oxygen atoms in total. The lowest BCUT2D eigenvalue weighted by Gasteiger charge is -2.23. The zero-order valence-electron chi connectivity index (χ0n) is 13.4. The monoisotopic (exact) mass is 307 g/mol. The van der Waals surface area contributed by atoms with Crippen molar-refractivity contribution in [1.29, 1.82) is 0 Å². The van der Waals surface area contributed by atoms with Crippen molar-refractivity contribution in [3.63, 3.8) is 0 Å². The Balaban J connectivity index is 1.71. The van der Waals surface area contributed by atoms with Crippen LogP contribution in [-0.4, -0.2) is 50.9 Å². The van der Waals surface area contributed by atoms with E-state index in [-0.39, 0.29) is 18.6 Å². The molecule has 1 atom stereocenters. The maximum Gasteiger partial charge on any atom is 0.248 e. The van der Waals surface area contributed by atoms with Crippen molar-refractivity contribution in [3.05, 3.63) is 29.8 Å². The number of hydrogen-bond donors (Lipinski definition) is 0. The second-order valence-corrected chi connectivity index (χ2v) is 5.61. The van der Waals surface area contributed by atoms with Crippen LogP contribution in [0.3, 0.4) is 0 Å². The van der Waals surface area contributed by atoms with Crippen LogP contribution in [0.25, 0.3) is 0 Å². The van der Waals surface area contributed by atoms with Gasteiger partial charge in [0.1, 0.15) is 12.4 Å². The maximum atomic E-state index is 12.1. The quantitative estimate of drug-likeness (QED) is 0.775. The summed E-state index contributed by atoms with van der Waals surface area (Å²) in [4.78, 5) is 13.7. The third kappa shape index (κ3) is 5.31. The highest BCUT2D eigenvalue weighted by molar-refractivity contribution is 5.77. The Labute approximate surface area is 132 Å². The molecule has 0 saturated carbocycles. The van der Waals surface area contributed by atoms with Crippen molar-refractivity contribution in [2.75, 3.05) is 34.0 Å². The molecule has 0 spiro atoms. The Morgan fingerprint density at radius 1 is 1.41 bits per heavy atom. The van der Waals surface area contributed by atoms with Gasteiger partial charge in [0.05, 0.1) is 19.8 Å². The number of amides is 1. The summed E-state index contributed by atoms with van der Waals surface area (Å²) in [7, 11) is 3.41. The van der Waals surface area contributed by atoms with Gasteiger partial charge in [0.2, 0.25) is 5.91 Å². The first-order valence-corrected chi connectivity index (χ1v) is 7.75. The molecule has 0 bridgehead atoms. The zero-order chi connectivity index (χ0) is 15.8. The summed E-state index contributed by atoms with van der Waals surface area (Å²) in [5, 5.41) is 0. The second-order valence-electron chi connectivity index (χ2n) is 5.61. The van der Waals surface area contributed by atoms with E-state index in [2.05, 4.69) is 0 Å². The van der Waals surface area contributed by atoms with Gasteiger partial charge in [-0.25, -0.2) is 0 Å². The van der Waals surface area contributed by atoms with Crippen LogP contribution in [0, 0.1) is 0 Å². The molecule has 0 radical (unpaired) electrons. The molecule has 0 aromatic heterocycles. The molecule has 1 amide bonds. The minimum Gasteiger partial charge on any atom is -0.497 e. The van der Waals surface area contributed by atoms with E-state index in [0.717, 1.165) is 30.8 Å². The molecule has 1 saturated heterocycles. The summed E-state index contributed by atoms with van der Waals surface area (Å²) in [6.45, 7) is 1.94. The van der Waals surface area contributed by atoms with Crippen LogP contribution in [-0.2, 0) is 20.8 Å². The number of nitrogens with zero attached hydrogens (tertiary/aromatic N) is 1. The van der Waals surface area contributed by atoms with Crippen LogP contribution >= 0.6 is 0 Å². The van der Waals surface area contributed by atoms with Crippen LogP contribution in [0.2, 0.25) is 0 Å². The molecule has 1 heterocycles. The Bertz CT molecular complexity index is 471. The molecular formula is C17H25NO4. The standard InChI is InChI=1S/C17H25NO4/c1-18(11-14-6-5-8-15(10-14)20-2)17(19)13-21-12-16-7-3-4-9-22-16/h5-6,8,10,16H,3-4,7,9,11-13H2,1-2H3/t16-/m1/s1. The smallest absolute Gasteiger partial charge is 0.248 e. The molecule has 0 aliphatic carbocycles. The number of carbonyl (C=O) groups is 1. The number of likely N-dealkylation sites (N-methyl/N-ethyl adjacent to an activating group) is 1. The van der Waals surface area contributed by atoms with Crippen LogP contribution < -0.4 is 4.74 Å². The number of ether oxygens (including phenoxy) is 3. The van der Waals surface area contributed by atoms with E-state index in [9.17, 15) is 4.79 Å². The van der Waals surface area contributed by atoms with Gasteiger partial charge in [0.15, 0.2) is 0 Å². The Morgan fingerprint density at radius 2 is 2.27 bits per heavy atom. The van der Waals surface area contributed by atoms with E-state index in [1.54, 1.807) is 19.1 Å². The summed E-state index contributed by atoms with van der Waals surface area (Å²) in [5.41, 5.74) is 1.03. The predicted molar refractivity (Wildman–Crippen MR) is 83.9 cm³/mol. The van der Waals surface area contributed by atoms with Gasteiger partial charge >= 0.3 is 0 Å². The van der Waals surface area contributed by atoms with Crippen molar-refractivity contribution >= 4 is 5.91 Å². The van der Waals surface area contributed by atoms with Crippen LogP contribution in [0.1, 0.15) is 24.8 Å². The first-order chi connectivity index (χ1) is 10.7. The molecule has 1 aromatic rings. The maximum absolute atomic E-state index is 12.1. The highest BCUT2D eigenvalue weighted by atomic mass is 16.5. The van der Waals surface area contributed by atoms with Crippen LogP contribution in [0.15, 0.2) is 24.3 Å². The summed E-state index contributed by atoms with van der Waals surface area (Å²) < 4.78 is 16.3. The van der Waals surface area contributed by atoms with E-state index in [4.69, 9.17) is 14.2 Å². The Kier molecular flexibility index (Phi) is 6.68. The second kappa shape index (κ2) is 8.76. The molecule has 1 aliphatic heterocycles. The fourth-order valence-electron chi connectivity index (χ4n) is 2.46. The Hall–Kier alpha value is -1.59. The average Bonchev–Trinajstić information content (AvgIpc) is 2.56. The largest absolute Gasteiger partial charge is 0.497 e. The van der Waals surface area contributed by atoms with Crippen molar-refractivity contribution in [2.45, 2.75) is 31.9 Å². The fraction of sp³-hybridized carbons (Fsp3) is 0.588. The molecule has 0 N–H and O–H groups in total. The summed E-state index contributed by atoms with van der Waals surface area (Å²) in [6, 6.07) is 7.71. The first-order valence-electron chi connectivity index (χ1n) is 7.75. The number of carbonyl (C=O) groups excluding carboxylic acids is 1. The minimum atomic E-state index is -0.0290. The van der Waals surface area contributed by atoms with E-state index < -0.39 is 0 Å². The van der Waals surface area contributed by atoms with Crippen molar-refractivity contribution in [1.82, 2.24) is 4.90 Å². The molecule has 5 heteroatoms. The van der Waals surface area contributed by atoms with Crippen molar-refractivity contribution in [2.24, 2.45) is 0 Å². The topological polar surface area (TPSA) is 48.0 Å². The predicted octanol–water partition coefficient (Wildman–Crippen LogP) is 2.24. The third-order valence-electron chi connectivity index (χ3n) is 3.78. The third-order valence-corrected chi connectivity index (χ3v) is 3.78. The number of benzene rings is 1. The lowest BCUT2D eigenvalue weighted by Crippen LogP contribution is -2.32. The van der Waals surface area contributed by atoms with E-state index in [0.29, 0.717) is 13.2 Å². The summed E-state index contributed by atoms with van der Waals surface area (Å²) in [6.07, 6.45) is 3.47. The molecule has 1 aliphatic rings. The zero-order valence-corrected chi connectivity index (χ0v) is 13.4.